The van der Waals surface area contributed by atoms with Gasteiger partial charge in [-0.3, -0.25) is 14.7 Å². The summed E-state index contributed by atoms with van der Waals surface area (Å²) in [5.41, 5.74) is 0.721. The van der Waals surface area contributed by atoms with Crippen molar-refractivity contribution in [3.8, 4) is 11.4 Å². The van der Waals surface area contributed by atoms with Crippen LogP contribution in [0.3, 0.4) is 0 Å². The van der Waals surface area contributed by atoms with Gasteiger partial charge >= 0.3 is 11.8 Å². The van der Waals surface area contributed by atoms with Crippen molar-refractivity contribution >= 4 is 5.91 Å². The molecule has 3 heterocycles. The SMILES string of the molecule is CCN1CCC[C@H]1CNC(=O)c1nc(-c2cccnc2)no1. The molecule has 1 amide bonds. The molecule has 0 aliphatic carbocycles. The highest BCUT2D eigenvalue weighted by atomic mass is 16.5. The Morgan fingerprint density at radius 3 is 3.23 bits per heavy atom. The zero-order valence-electron chi connectivity index (χ0n) is 12.5. The maximum atomic E-state index is 12.1. The summed E-state index contributed by atoms with van der Waals surface area (Å²) in [6, 6.07) is 4.00. The van der Waals surface area contributed by atoms with Crippen LogP contribution in [0.5, 0.6) is 0 Å². The Hall–Kier alpha value is -2.28. The van der Waals surface area contributed by atoms with Crippen molar-refractivity contribution in [3.05, 3.63) is 30.4 Å². The van der Waals surface area contributed by atoms with Crippen LogP contribution in [0.15, 0.2) is 29.0 Å². The molecule has 0 aromatic carbocycles. The van der Waals surface area contributed by atoms with Gasteiger partial charge in [-0.25, -0.2) is 0 Å². The lowest BCUT2D eigenvalue weighted by molar-refractivity contribution is 0.0897. The molecule has 2 aromatic rings. The number of carbonyl (C=O) groups is 1. The first-order valence-corrected chi connectivity index (χ1v) is 7.54. The van der Waals surface area contributed by atoms with Crippen LogP contribution in [0, 0.1) is 0 Å². The molecule has 22 heavy (non-hydrogen) atoms. The number of hydrogen-bond acceptors (Lipinski definition) is 6. The molecule has 0 saturated carbocycles. The second-order valence-corrected chi connectivity index (χ2v) is 5.30. The molecule has 0 unspecified atom stereocenters. The smallest absolute Gasteiger partial charge is 0.316 e. The molecule has 0 spiro atoms. The lowest BCUT2D eigenvalue weighted by Gasteiger charge is -2.22. The molecule has 1 fully saturated rings. The Morgan fingerprint density at radius 1 is 1.55 bits per heavy atom. The van der Waals surface area contributed by atoms with Gasteiger partial charge < -0.3 is 9.84 Å². The van der Waals surface area contributed by atoms with Gasteiger partial charge in [0.05, 0.1) is 0 Å². The number of likely N-dealkylation sites (tertiary alicyclic amines) is 1. The molecule has 1 saturated heterocycles. The Kier molecular flexibility index (Phi) is 4.43. The number of pyridine rings is 1. The summed E-state index contributed by atoms with van der Waals surface area (Å²) >= 11 is 0. The third-order valence-corrected chi connectivity index (χ3v) is 3.94. The summed E-state index contributed by atoms with van der Waals surface area (Å²) in [5, 5.41) is 6.70. The van der Waals surface area contributed by atoms with Crippen LogP contribution in [0.25, 0.3) is 11.4 Å². The Morgan fingerprint density at radius 2 is 2.45 bits per heavy atom. The molecule has 1 N–H and O–H groups in total. The van der Waals surface area contributed by atoms with E-state index in [4.69, 9.17) is 4.52 Å². The highest BCUT2D eigenvalue weighted by Gasteiger charge is 2.24. The second kappa shape index (κ2) is 6.65. The molecule has 2 aromatic heterocycles. The second-order valence-electron chi connectivity index (χ2n) is 5.30. The van der Waals surface area contributed by atoms with E-state index in [1.165, 1.54) is 6.42 Å². The molecule has 1 aliphatic heterocycles. The summed E-state index contributed by atoms with van der Waals surface area (Å²) in [5.74, 6) is 0.0276. The van der Waals surface area contributed by atoms with Gasteiger partial charge in [0, 0.05) is 30.5 Å². The van der Waals surface area contributed by atoms with Crippen LogP contribution in [0.4, 0.5) is 0 Å². The molecule has 1 atom stereocenters. The van der Waals surface area contributed by atoms with Gasteiger partial charge in [0.25, 0.3) is 0 Å². The maximum absolute atomic E-state index is 12.1. The summed E-state index contributed by atoms with van der Waals surface area (Å²) in [4.78, 5) is 22.6. The van der Waals surface area contributed by atoms with Crippen LogP contribution in [-0.4, -0.2) is 51.6 Å². The van der Waals surface area contributed by atoms with Gasteiger partial charge in [0.15, 0.2) is 0 Å². The Bertz CT molecular complexity index is 628. The Labute approximate surface area is 128 Å². The van der Waals surface area contributed by atoms with Gasteiger partial charge in [-0.05, 0) is 38.1 Å². The van der Waals surface area contributed by atoms with Crippen molar-refractivity contribution in [3.63, 3.8) is 0 Å². The summed E-state index contributed by atoms with van der Waals surface area (Å²) in [6.07, 6.45) is 5.58. The number of nitrogens with zero attached hydrogens (tertiary/aromatic N) is 4. The summed E-state index contributed by atoms with van der Waals surface area (Å²) in [6.45, 7) is 4.85. The molecule has 116 valence electrons. The van der Waals surface area contributed by atoms with Gasteiger partial charge in [0.1, 0.15) is 0 Å². The monoisotopic (exact) mass is 301 g/mol. The van der Waals surface area contributed by atoms with Gasteiger partial charge in [-0.2, -0.15) is 4.98 Å². The molecule has 7 nitrogen and oxygen atoms in total. The van der Waals surface area contributed by atoms with Crippen LogP contribution < -0.4 is 5.32 Å². The third kappa shape index (κ3) is 3.14. The average Bonchev–Trinajstić information content (AvgIpc) is 3.22. The van der Waals surface area contributed by atoms with Gasteiger partial charge in [-0.15, -0.1) is 0 Å². The molecule has 0 bridgehead atoms. The molecule has 7 heteroatoms. The van der Waals surface area contributed by atoms with Crippen LogP contribution in [0.2, 0.25) is 0 Å². The van der Waals surface area contributed by atoms with Crippen molar-refractivity contribution in [2.75, 3.05) is 19.6 Å². The fraction of sp³-hybridized carbons (Fsp3) is 0.467. The number of rotatable bonds is 5. The first-order chi connectivity index (χ1) is 10.8. The minimum absolute atomic E-state index is 0.0140. The van der Waals surface area contributed by atoms with Crippen LogP contribution >= 0.6 is 0 Å². The third-order valence-electron chi connectivity index (χ3n) is 3.94. The highest BCUT2D eigenvalue weighted by molar-refractivity contribution is 5.89. The van der Waals surface area contributed by atoms with E-state index in [1.54, 1.807) is 18.5 Å². The van der Waals surface area contributed by atoms with Crippen LogP contribution in [-0.2, 0) is 0 Å². The predicted molar refractivity (Wildman–Crippen MR) is 80.1 cm³/mol. The number of aromatic nitrogens is 3. The first kappa shape index (κ1) is 14.6. The van der Waals surface area contributed by atoms with Gasteiger partial charge in [-0.1, -0.05) is 12.1 Å². The maximum Gasteiger partial charge on any atom is 0.316 e. The van der Waals surface area contributed by atoms with E-state index in [1.807, 2.05) is 6.07 Å². The highest BCUT2D eigenvalue weighted by Crippen LogP contribution is 2.16. The topological polar surface area (TPSA) is 84.2 Å². The van der Waals surface area contributed by atoms with E-state index >= 15 is 0 Å². The standard InChI is InChI=1S/C15H19N5O2/c1-2-20-8-4-6-12(20)10-17-14(21)15-18-13(19-22-15)11-5-3-7-16-9-11/h3,5,7,9,12H,2,4,6,8,10H2,1H3,(H,17,21)/t12-/m0/s1. The predicted octanol–water partition coefficient (Wildman–Crippen LogP) is 1.35. The number of hydrogen-bond donors (Lipinski definition) is 1. The molecular weight excluding hydrogens is 282 g/mol. The number of nitrogens with one attached hydrogen (secondary N) is 1. The van der Waals surface area contributed by atoms with Crippen LogP contribution in [0.1, 0.15) is 30.5 Å². The normalized spacial score (nSPS) is 18.5. The fourth-order valence-electron chi connectivity index (χ4n) is 2.76. The lowest BCUT2D eigenvalue weighted by Crippen LogP contribution is -2.40. The van der Waals surface area contributed by atoms with Crippen molar-refractivity contribution in [1.29, 1.82) is 0 Å². The molecule has 0 radical (unpaired) electrons. The van der Waals surface area contributed by atoms with Crippen molar-refractivity contribution < 1.29 is 9.32 Å². The van der Waals surface area contributed by atoms with E-state index < -0.39 is 0 Å². The van der Waals surface area contributed by atoms with Gasteiger partial charge in [0.2, 0.25) is 5.82 Å². The van der Waals surface area contributed by atoms with Crippen molar-refractivity contribution in [2.45, 2.75) is 25.8 Å². The zero-order valence-corrected chi connectivity index (χ0v) is 12.5. The number of carbonyl (C=O) groups excluding carboxylic acids is 1. The minimum Gasteiger partial charge on any atom is -0.346 e. The summed E-state index contributed by atoms with van der Waals surface area (Å²) in [7, 11) is 0. The van der Waals surface area contributed by atoms with E-state index in [-0.39, 0.29) is 11.8 Å². The fourth-order valence-corrected chi connectivity index (χ4v) is 2.76. The molecular formula is C15H19N5O2. The average molecular weight is 301 g/mol. The molecule has 1 aliphatic rings. The van der Waals surface area contributed by atoms with E-state index in [0.717, 1.165) is 25.1 Å². The zero-order chi connectivity index (χ0) is 15.4. The minimum atomic E-state index is -0.328. The van der Waals surface area contributed by atoms with Crippen molar-refractivity contribution in [2.24, 2.45) is 0 Å². The Balaban J connectivity index is 1.60. The van der Waals surface area contributed by atoms with E-state index in [9.17, 15) is 4.79 Å². The van der Waals surface area contributed by atoms with E-state index in [0.29, 0.717) is 18.4 Å². The summed E-state index contributed by atoms with van der Waals surface area (Å²) < 4.78 is 5.03. The number of likely N-dealkylation sites (N-methyl/N-ethyl adjacent to an activating group) is 1. The van der Waals surface area contributed by atoms with Crippen molar-refractivity contribution in [1.82, 2.24) is 25.3 Å². The first-order valence-electron chi connectivity index (χ1n) is 7.54. The number of amides is 1. The largest absolute Gasteiger partial charge is 0.346 e. The lowest BCUT2D eigenvalue weighted by atomic mass is 10.2. The molecule has 3 rings (SSSR count). The van der Waals surface area contributed by atoms with E-state index in [2.05, 4.69) is 32.3 Å². The quantitative estimate of drug-likeness (QED) is 0.897.